The van der Waals surface area contributed by atoms with Crippen LogP contribution in [0.25, 0.3) is 11.0 Å². The van der Waals surface area contributed by atoms with Crippen molar-refractivity contribution in [3.63, 3.8) is 0 Å². The zero-order valence-corrected chi connectivity index (χ0v) is 22.1. The number of carbonyl (C=O) groups excluding carboxylic acids is 1. The predicted molar refractivity (Wildman–Crippen MR) is 141 cm³/mol. The topological polar surface area (TPSA) is 138 Å². The standard InChI is InChI=1S/C26H33N9O2/c1-14-18(11-27)23(32-24(28)30-14)29-15(2)22-21(10-20-19(31-22)7-8-33(20)6)34-12-17-9-16(34)13-35(17)25(36)37-26(3,4)5/h7-8,10,15-17H,9,12-13H2,1-6H3,(H3,28,29,30,32)/t15-,16-,17-/m0/s1. The second-order valence-corrected chi connectivity index (χ2v) is 10.9. The van der Waals surface area contributed by atoms with Crippen LogP contribution in [0, 0.1) is 18.3 Å². The highest BCUT2D eigenvalue weighted by atomic mass is 16.6. The first-order valence-electron chi connectivity index (χ1n) is 12.5. The van der Waals surface area contributed by atoms with Crippen LogP contribution in [0.4, 0.5) is 22.2 Å². The molecular formula is C26H33N9O2. The van der Waals surface area contributed by atoms with Crippen molar-refractivity contribution in [2.45, 2.75) is 64.8 Å². The van der Waals surface area contributed by atoms with Crippen molar-refractivity contribution < 1.29 is 9.53 Å². The number of hydrogen-bond acceptors (Lipinski definition) is 9. The summed E-state index contributed by atoms with van der Waals surface area (Å²) >= 11 is 0. The summed E-state index contributed by atoms with van der Waals surface area (Å²) in [6.45, 7) is 10.7. The molecule has 11 nitrogen and oxygen atoms in total. The second kappa shape index (κ2) is 8.80. The number of pyridine rings is 1. The normalized spacial score (nSPS) is 19.8. The zero-order chi connectivity index (χ0) is 26.6. The summed E-state index contributed by atoms with van der Waals surface area (Å²) in [6.07, 6.45) is 2.62. The highest BCUT2D eigenvalue weighted by Crippen LogP contribution is 2.40. The van der Waals surface area contributed by atoms with Gasteiger partial charge >= 0.3 is 6.09 Å². The van der Waals surface area contributed by atoms with Crippen LogP contribution >= 0.6 is 0 Å². The summed E-state index contributed by atoms with van der Waals surface area (Å²) in [5.74, 6) is 0.497. The maximum absolute atomic E-state index is 12.8. The van der Waals surface area contributed by atoms with Crippen molar-refractivity contribution in [1.82, 2.24) is 24.4 Å². The van der Waals surface area contributed by atoms with Gasteiger partial charge in [0, 0.05) is 32.4 Å². The van der Waals surface area contributed by atoms with E-state index in [1.807, 2.05) is 51.9 Å². The van der Waals surface area contributed by atoms with Crippen molar-refractivity contribution in [2.75, 3.05) is 29.0 Å². The summed E-state index contributed by atoms with van der Waals surface area (Å²) < 4.78 is 7.69. The average Bonchev–Trinajstić information content (AvgIpc) is 3.51. The summed E-state index contributed by atoms with van der Waals surface area (Å²) in [5, 5.41) is 13.0. The molecule has 0 aliphatic carbocycles. The highest BCUT2D eigenvalue weighted by Gasteiger charge is 2.47. The molecule has 11 heteroatoms. The maximum atomic E-state index is 12.8. The molecule has 2 bridgehead atoms. The maximum Gasteiger partial charge on any atom is 0.410 e. The van der Waals surface area contributed by atoms with Gasteiger partial charge in [-0.1, -0.05) is 0 Å². The first-order chi connectivity index (χ1) is 17.4. The van der Waals surface area contributed by atoms with E-state index in [2.05, 4.69) is 36.9 Å². The van der Waals surface area contributed by atoms with Gasteiger partial charge in [0.05, 0.1) is 40.2 Å². The Morgan fingerprint density at radius 2 is 2.03 bits per heavy atom. The fourth-order valence-corrected chi connectivity index (χ4v) is 5.35. The third-order valence-corrected chi connectivity index (χ3v) is 7.04. The molecule has 1 amide bonds. The summed E-state index contributed by atoms with van der Waals surface area (Å²) in [6, 6.07) is 6.30. The number of nitrogens with zero attached hydrogens (tertiary/aromatic N) is 7. The Labute approximate surface area is 216 Å². The minimum Gasteiger partial charge on any atom is -0.444 e. The largest absolute Gasteiger partial charge is 0.444 e. The molecular weight excluding hydrogens is 470 g/mol. The lowest BCUT2D eigenvalue weighted by atomic mass is 10.1. The van der Waals surface area contributed by atoms with Gasteiger partial charge in [-0.3, -0.25) is 0 Å². The Kier molecular flexibility index (Phi) is 5.85. The molecule has 3 aromatic rings. The van der Waals surface area contributed by atoms with E-state index in [9.17, 15) is 10.1 Å². The monoisotopic (exact) mass is 503 g/mol. The van der Waals surface area contributed by atoms with Crippen LogP contribution in [0.2, 0.25) is 0 Å². The molecule has 0 radical (unpaired) electrons. The van der Waals surface area contributed by atoms with Gasteiger partial charge in [-0.25, -0.2) is 14.8 Å². The number of ether oxygens (including phenoxy) is 1. The number of aromatic nitrogens is 4. The molecule has 194 valence electrons. The lowest BCUT2D eigenvalue weighted by Crippen LogP contribution is -2.50. The fourth-order valence-electron chi connectivity index (χ4n) is 5.35. The van der Waals surface area contributed by atoms with Gasteiger partial charge in [-0.05, 0) is 53.2 Å². The predicted octanol–water partition coefficient (Wildman–Crippen LogP) is 3.50. The number of piperazine rings is 1. The molecule has 3 atom stereocenters. The molecule has 2 aliphatic rings. The van der Waals surface area contributed by atoms with E-state index in [0.717, 1.165) is 28.8 Å². The Bertz CT molecular complexity index is 1420. The van der Waals surface area contributed by atoms with Gasteiger partial charge in [-0.15, -0.1) is 0 Å². The quantitative estimate of drug-likeness (QED) is 0.548. The van der Waals surface area contributed by atoms with E-state index >= 15 is 0 Å². The van der Waals surface area contributed by atoms with Crippen LogP contribution in [-0.2, 0) is 11.8 Å². The summed E-state index contributed by atoms with van der Waals surface area (Å²) in [4.78, 5) is 30.4. The van der Waals surface area contributed by atoms with Crippen molar-refractivity contribution in [3.8, 4) is 6.07 Å². The Hall–Kier alpha value is -4.07. The van der Waals surface area contributed by atoms with E-state index in [1.54, 1.807) is 6.92 Å². The van der Waals surface area contributed by atoms with E-state index in [-0.39, 0.29) is 30.2 Å². The summed E-state index contributed by atoms with van der Waals surface area (Å²) in [7, 11) is 2.00. The molecule has 2 fully saturated rings. The smallest absolute Gasteiger partial charge is 0.410 e. The van der Waals surface area contributed by atoms with E-state index in [1.165, 1.54) is 0 Å². The molecule has 0 saturated carbocycles. The molecule has 5 rings (SSSR count). The van der Waals surface area contributed by atoms with Crippen molar-refractivity contribution in [1.29, 1.82) is 5.26 Å². The van der Waals surface area contributed by atoms with Crippen molar-refractivity contribution >= 4 is 34.6 Å². The Balaban J connectivity index is 1.48. The van der Waals surface area contributed by atoms with E-state index in [0.29, 0.717) is 30.2 Å². The van der Waals surface area contributed by atoms with E-state index in [4.69, 9.17) is 15.5 Å². The van der Waals surface area contributed by atoms with Crippen LogP contribution in [0.15, 0.2) is 18.3 Å². The van der Waals surface area contributed by atoms with Crippen LogP contribution < -0.4 is 16.0 Å². The molecule has 0 unspecified atom stereocenters. The average molecular weight is 504 g/mol. The Morgan fingerprint density at radius 1 is 1.27 bits per heavy atom. The highest BCUT2D eigenvalue weighted by molar-refractivity contribution is 5.82. The number of nitrogens with two attached hydrogens (primary N) is 1. The van der Waals surface area contributed by atoms with Gasteiger partial charge in [0.25, 0.3) is 0 Å². The number of fused-ring (bicyclic) bond motifs is 3. The van der Waals surface area contributed by atoms with Crippen LogP contribution in [0.1, 0.15) is 57.1 Å². The number of nitriles is 1. The number of nitrogens with one attached hydrogen (secondary N) is 1. The minimum absolute atomic E-state index is 0.0783. The van der Waals surface area contributed by atoms with Crippen LogP contribution in [0.5, 0.6) is 0 Å². The van der Waals surface area contributed by atoms with Gasteiger partial charge in [0.2, 0.25) is 5.95 Å². The summed E-state index contributed by atoms with van der Waals surface area (Å²) in [5.41, 5.74) is 9.99. The number of aryl methyl sites for hydroxylation is 2. The molecule has 3 N–H and O–H groups in total. The van der Waals surface area contributed by atoms with Crippen LogP contribution in [-0.4, -0.2) is 61.3 Å². The zero-order valence-electron chi connectivity index (χ0n) is 22.1. The number of amides is 1. The van der Waals surface area contributed by atoms with Gasteiger partial charge < -0.3 is 30.2 Å². The number of likely N-dealkylation sites (tertiary alicyclic amines) is 1. The first-order valence-corrected chi connectivity index (χ1v) is 12.5. The SMILES string of the molecule is Cc1nc(N)nc(N[C@@H](C)c2nc3ccn(C)c3cc2N2C[C@@H]3C[C@H]2CN3C(=O)OC(C)(C)C)c1C#N. The molecule has 0 aromatic carbocycles. The van der Waals surface area contributed by atoms with Gasteiger partial charge in [-0.2, -0.15) is 10.2 Å². The number of hydrogen-bond donors (Lipinski definition) is 2. The molecule has 5 heterocycles. The molecule has 37 heavy (non-hydrogen) atoms. The Morgan fingerprint density at radius 3 is 2.68 bits per heavy atom. The third-order valence-electron chi connectivity index (χ3n) is 7.04. The van der Waals surface area contributed by atoms with Crippen LogP contribution in [0.3, 0.4) is 0 Å². The lowest BCUT2D eigenvalue weighted by Gasteiger charge is -2.37. The molecule has 2 aliphatic heterocycles. The number of anilines is 3. The lowest BCUT2D eigenvalue weighted by molar-refractivity contribution is 0.0214. The van der Waals surface area contributed by atoms with Crippen molar-refractivity contribution in [2.24, 2.45) is 7.05 Å². The first kappa shape index (κ1) is 24.6. The molecule has 0 spiro atoms. The fraction of sp³-hybridized carbons (Fsp3) is 0.500. The van der Waals surface area contributed by atoms with Gasteiger partial charge in [0.15, 0.2) is 0 Å². The number of nitrogen functional groups attached to an aromatic ring is 1. The van der Waals surface area contributed by atoms with Gasteiger partial charge in [0.1, 0.15) is 23.1 Å². The van der Waals surface area contributed by atoms with Crippen molar-refractivity contribution in [3.05, 3.63) is 35.3 Å². The second-order valence-electron chi connectivity index (χ2n) is 10.9. The third kappa shape index (κ3) is 4.48. The number of carbonyl (C=O) groups is 1. The number of rotatable bonds is 4. The molecule has 2 saturated heterocycles. The van der Waals surface area contributed by atoms with E-state index < -0.39 is 5.60 Å². The minimum atomic E-state index is -0.528. The molecule has 3 aromatic heterocycles.